The first-order chi connectivity index (χ1) is 18.2. The highest BCUT2D eigenvalue weighted by Gasteiger charge is 2.31. The SMILES string of the molecule is CN1CCCC1COc1nc2c(c(N3CCNC(CC#N)C3)n1)CCC(c1cccc3ccccc13)C2. The minimum Gasteiger partial charge on any atom is -0.462 e. The van der Waals surface area contributed by atoms with Crippen molar-refractivity contribution in [3.05, 3.63) is 59.3 Å². The average Bonchev–Trinajstić information content (AvgIpc) is 3.35. The molecule has 7 heteroatoms. The number of anilines is 1. The average molecular weight is 497 g/mol. The number of likely N-dealkylation sites (tertiary alicyclic amines) is 1. The number of nitriles is 1. The second kappa shape index (κ2) is 10.6. The summed E-state index contributed by atoms with van der Waals surface area (Å²) >= 11 is 0. The van der Waals surface area contributed by atoms with Crippen molar-refractivity contribution in [1.29, 1.82) is 5.26 Å². The number of piperazine rings is 1. The van der Waals surface area contributed by atoms with Gasteiger partial charge in [0.25, 0.3) is 0 Å². The summed E-state index contributed by atoms with van der Waals surface area (Å²) in [5, 5.41) is 15.4. The molecule has 3 atom stereocenters. The summed E-state index contributed by atoms with van der Waals surface area (Å²) in [5.41, 5.74) is 3.80. The van der Waals surface area contributed by atoms with Crippen LogP contribution in [0.15, 0.2) is 42.5 Å². The van der Waals surface area contributed by atoms with Crippen LogP contribution in [-0.4, -0.2) is 66.8 Å². The van der Waals surface area contributed by atoms with Crippen LogP contribution in [0.1, 0.15) is 48.4 Å². The first-order valence-corrected chi connectivity index (χ1v) is 13.8. The predicted molar refractivity (Wildman–Crippen MR) is 146 cm³/mol. The highest BCUT2D eigenvalue weighted by Crippen LogP contribution is 2.39. The molecule has 2 saturated heterocycles. The number of likely N-dealkylation sites (N-methyl/N-ethyl adjacent to an activating group) is 1. The van der Waals surface area contributed by atoms with Gasteiger partial charge in [-0.2, -0.15) is 15.2 Å². The van der Waals surface area contributed by atoms with Crippen LogP contribution >= 0.6 is 0 Å². The normalized spacial score (nSPS) is 24.1. The highest BCUT2D eigenvalue weighted by molar-refractivity contribution is 5.86. The number of aromatic nitrogens is 2. The molecule has 1 aliphatic carbocycles. The monoisotopic (exact) mass is 496 g/mol. The lowest BCUT2D eigenvalue weighted by Gasteiger charge is -2.36. The lowest BCUT2D eigenvalue weighted by Crippen LogP contribution is -2.51. The van der Waals surface area contributed by atoms with Gasteiger partial charge in [-0.05, 0) is 68.0 Å². The molecule has 3 aromatic rings. The molecular weight excluding hydrogens is 460 g/mol. The second-order valence-corrected chi connectivity index (χ2v) is 10.8. The largest absolute Gasteiger partial charge is 0.462 e. The number of nitrogens with one attached hydrogen (secondary N) is 1. The van der Waals surface area contributed by atoms with Crippen molar-refractivity contribution < 1.29 is 4.74 Å². The van der Waals surface area contributed by atoms with Crippen LogP contribution in [0.5, 0.6) is 6.01 Å². The van der Waals surface area contributed by atoms with E-state index in [2.05, 4.69) is 70.7 Å². The van der Waals surface area contributed by atoms with E-state index in [-0.39, 0.29) is 6.04 Å². The molecule has 0 amide bonds. The van der Waals surface area contributed by atoms with Crippen molar-refractivity contribution >= 4 is 16.6 Å². The molecule has 2 aromatic carbocycles. The molecular formula is C30H36N6O. The number of hydrogen-bond acceptors (Lipinski definition) is 7. The number of hydrogen-bond donors (Lipinski definition) is 1. The van der Waals surface area contributed by atoms with Crippen molar-refractivity contribution in [3.63, 3.8) is 0 Å². The Hall–Kier alpha value is -3.21. The van der Waals surface area contributed by atoms with Gasteiger partial charge in [-0.15, -0.1) is 0 Å². The Morgan fingerprint density at radius 3 is 2.86 bits per heavy atom. The van der Waals surface area contributed by atoms with Gasteiger partial charge in [0.15, 0.2) is 0 Å². The lowest BCUT2D eigenvalue weighted by atomic mass is 9.80. The summed E-state index contributed by atoms with van der Waals surface area (Å²) in [6.45, 7) is 4.27. The van der Waals surface area contributed by atoms with Gasteiger partial charge in [-0.1, -0.05) is 42.5 Å². The van der Waals surface area contributed by atoms with Crippen LogP contribution in [-0.2, 0) is 12.8 Å². The Labute approximate surface area is 219 Å². The van der Waals surface area contributed by atoms with Gasteiger partial charge < -0.3 is 19.9 Å². The number of nitrogens with zero attached hydrogens (tertiary/aromatic N) is 5. The fourth-order valence-electron chi connectivity index (χ4n) is 6.40. The van der Waals surface area contributed by atoms with Crippen molar-refractivity contribution in [2.45, 2.75) is 56.5 Å². The van der Waals surface area contributed by atoms with Gasteiger partial charge in [0.1, 0.15) is 12.4 Å². The molecule has 1 aromatic heterocycles. The molecule has 0 radical (unpaired) electrons. The quantitative estimate of drug-likeness (QED) is 0.551. The van der Waals surface area contributed by atoms with Crippen LogP contribution in [0.4, 0.5) is 5.82 Å². The van der Waals surface area contributed by atoms with Crippen LogP contribution in [0.3, 0.4) is 0 Å². The zero-order chi connectivity index (χ0) is 25.2. The van der Waals surface area contributed by atoms with E-state index in [1.54, 1.807) is 0 Å². The first kappa shape index (κ1) is 24.1. The van der Waals surface area contributed by atoms with Crippen molar-refractivity contribution in [3.8, 4) is 12.1 Å². The molecule has 3 aliphatic rings. The number of fused-ring (bicyclic) bond motifs is 2. The van der Waals surface area contributed by atoms with E-state index in [1.807, 2.05) is 0 Å². The molecule has 192 valence electrons. The van der Waals surface area contributed by atoms with Gasteiger partial charge in [0.2, 0.25) is 0 Å². The van der Waals surface area contributed by atoms with E-state index < -0.39 is 0 Å². The van der Waals surface area contributed by atoms with E-state index in [4.69, 9.17) is 14.7 Å². The smallest absolute Gasteiger partial charge is 0.318 e. The zero-order valence-corrected chi connectivity index (χ0v) is 21.7. The number of rotatable bonds is 6. The Morgan fingerprint density at radius 2 is 2.00 bits per heavy atom. The topological polar surface area (TPSA) is 77.3 Å². The van der Waals surface area contributed by atoms with Gasteiger partial charge in [0, 0.05) is 37.3 Å². The molecule has 3 unspecified atom stereocenters. The van der Waals surface area contributed by atoms with Crippen LogP contribution in [0.2, 0.25) is 0 Å². The van der Waals surface area contributed by atoms with Gasteiger partial charge in [-0.25, -0.2) is 0 Å². The fraction of sp³-hybridized carbons (Fsp3) is 0.500. The third-order valence-corrected chi connectivity index (χ3v) is 8.47. The first-order valence-electron chi connectivity index (χ1n) is 13.8. The molecule has 3 heterocycles. The Balaban J connectivity index is 1.32. The van der Waals surface area contributed by atoms with E-state index in [0.29, 0.717) is 31.0 Å². The van der Waals surface area contributed by atoms with E-state index in [9.17, 15) is 5.26 Å². The van der Waals surface area contributed by atoms with Gasteiger partial charge >= 0.3 is 6.01 Å². The zero-order valence-electron chi connectivity index (χ0n) is 21.7. The van der Waals surface area contributed by atoms with Crippen molar-refractivity contribution in [2.75, 3.05) is 44.7 Å². The number of benzene rings is 2. The standard InChI is InChI=1S/C30H36N6O/c1-35-16-5-8-24(35)20-37-30-33-28-18-22(26-10-4-7-21-6-2-3-9-25(21)26)11-12-27(28)29(34-30)36-17-15-32-23(19-36)13-14-31/h2-4,6-7,9-10,22-24,32H,5,8,11-13,15-20H2,1H3. The van der Waals surface area contributed by atoms with E-state index >= 15 is 0 Å². The Bertz CT molecular complexity index is 1300. The summed E-state index contributed by atoms with van der Waals surface area (Å²) in [7, 11) is 2.17. The molecule has 1 N–H and O–H groups in total. The van der Waals surface area contributed by atoms with Crippen LogP contribution < -0.4 is 15.0 Å². The molecule has 37 heavy (non-hydrogen) atoms. The maximum Gasteiger partial charge on any atom is 0.318 e. The number of ether oxygens (including phenoxy) is 1. The maximum absolute atomic E-state index is 9.26. The molecule has 0 bridgehead atoms. The molecule has 7 nitrogen and oxygen atoms in total. The summed E-state index contributed by atoms with van der Waals surface area (Å²) in [6.07, 6.45) is 5.81. The van der Waals surface area contributed by atoms with Crippen molar-refractivity contribution in [1.82, 2.24) is 20.2 Å². The molecule has 0 spiro atoms. The Morgan fingerprint density at radius 1 is 1.11 bits per heavy atom. The molecule has 6 rings (SSSR count). The van der Waals surface area contributed by atoms with Gasteiger partial charge in [0.05, 0.1) is 18.2 Å². The van der Waals surface area contributed by atoms with E-state index in [1.165, 1.54) is 28.3 Å². The highest BCUT2D eigenvalue weighted by atomic mass is 16.5. The lowest BCUT2D eigenvalue weighted by molar-refractivity contribution is 0.187. The summed E-state index contributed by atoms with van der Waals surface area (Å²) in [4.78, 5) is 14.7. The minimum atomic E-state index is 0.160. The fourth-order valence-corrected chi connectivity index (χ4v) is 6.40. The van der Waals surface area contributed by atoms with Crippen LogP contribution in [0, 0.1) is 11.3 Å². The van der Waals surface area contributed by atoms with Crippen LogP contribution in [0.25, 0.3) is 10.8 Å². The summed E-state index contributed by atoms with van der Waals surface area (Å²) < 4.78 is 6.28. The van der Waals surface area contributed by atoms with Crippen molar-refractivity contribution in [2.24, 2.45) is 0 Å². The third-order valence-electron chi connectivity index (χ3n) is 8.47. The summed E-state index contributed by atoms with van der Waals surface area (Å²) in [6, 6.07) is 18.8. The third kappa shape index (κ3) is 5.01. The molecule has 2 fully saturated rings. The maximum atomic E-state index is 9.26. The Kier molecular flexibility index (Phi) is 6.95. The minimum absolute atomic E-state index is 0.160. The predicted octanol–water partition coefficient (Wildman–Crippen LogP) is 4.07. The molecule has 2 aliphatic heterocycles. The molecule has 0 saturated carbocycles. The second-order valence-electron chi connectivity index (χ2n) is 10.8. The van der Waals surface area contributed by atoms with Gasteiger partial charge in [-0.3, -0.25) is 0 Å². The van der Waals surface area contributed by atoms with E-state index in [0.717, 1.165) is 63.4 Å². The summed E-state index contributed by atoms with van der Waals surface area (Å²) in [5.74, 6) is 1.44.